The van der Waals surface area contributed by atoms with Gasteiger partial charge >= 0.3 is 0 Å². The molecule has 0 aliphatic carbocycles. The molecule has 3 aromatic rings. The molecule has 0 spiro atoms. The van der Waals surface area contributed by atoms with E-state index in [1.807, 2.05) is 59.5 Å². The number of hydrogen-bond acceptors (Lipinski definition) is 5. The Kier molecular flexibility index (Phi) is 6.48. The highest BCUT2D eigenvalue weighted by molar-refractivity contribution is 5.98. The van der Waals surface area contributed by atoms with Crippen molar-refractivity contribution in [3.05, 3.63) is 89.2 Å². The Balaban J connectivity index is 1.55. The lowest BCUT2D eigenvalue weighted by Crippen LogP contribution is -2.30. The van der Waals surface area contributed by atoms with Gasteiger partial charge in [-0.1, -0.05) is 30.3 Å². The first-order chi connectivity index (χ1) is 15.2. The van der Waals surface area contributed by atoms with Crippen LogP contribution in [0.3, 0.4) is 0 Å². The molecular formula is C25H26N2O4. The van der Waals surface area contributed by atoms with Gasteiger partial charge in [-0.3, -0.25) is 9.78 Å². The molecule has 0 fully saturated rings. The Morgan fingerprint density at radius 2 is 1.87 bits per heavy atom. The maximum Gasteiger partial charge on any atom is 0.255 e. The Bertz CT molecular complexity index is 1040. The van der Waals surface area contributed by atoms with Crippen LogP contribution < -0.4 is 9.47 Å². The second-order valence-electron chi connectivity index (χ2n) is 7.42. The molecule has 0 saturated carbocycles. The summed E-state index contributed by atoms with van der Waals surface area (Å²) in [7, 11) is 3.23. The zero-order valence-corrected chi connectivity index (χ0v) is 17.8. The van der Waals surface area contributed by atoms with Crippen LogP contribution in [0.25, 0.3) is 0 Å². The van der Waals surface area contributed by atoms with Crippen molar-refractivity contribution in [2.24, 2.45) is 0 Å². The van der Waals surface area contributed by atoms with Crippen molar-refractivity contribution >= 4 is 5.91 Å². The van der Waals surface area contributed by atoms with Crippen LogP contribution in [0.15, 0.2) is 67.0 Å². The number of carbonyl (C=O) groups is 1. The van der Waals surface area contributed by atoms with Gasteiger partial charge in [-0.15, -0.1) is 0 Å². The maximum atomic E-state index is 13.2. The highest BCUT2D eigenvalue weighted by atomic mass is 16.5. The van der Waals surface area contributed by atoms with E-state index in [2.05, 4.69) is 4.98 Å². The average molecular weight is 418 g/mol. The van der Waals surface area contributed by atoms with Gasteiger partial charge in [0.15, 0.2) is 11.5 Å². The van der Waals surface area contributed by atoms with Crippen molar-refractivity contribution in [2.75, 3.05) is 20.8 Å². The third-order valence-electron chi connectivity index (χ3n) is 5.55. The highest BCUT2D eigenvalue weighted by Crippen LogP contribution is 2.37. The van der Waals surface area contributed by atoms with Crippen molar-refractivity contribution in [3.63, 3.8) is 0 Å². The predicted octanol–water partition coefficient (Wildman–Crippen LogP) is 4.40. The summed E-state index contributed by atoms with van der Waals surface area (Å²) in [5.74, 6) is 1.35. The van der Waals surface area contributed by atoms with Crippen molar-refractivity contribution in [1.82, 2.24) is 9.88 Å². The maximum absolute atomic E-state index is 13.2. The monoisotopic (exact) mass is 418 g/mol. The number of rotatable bonds is 9. The van der Waals surface area contributed by atoms with E-state index in [1.54, 1.807) is 26.6 Å². The summed E-state index contributed by atoms with van der Waals surface area (Å²) in [5, 5.41) is 0. The number of ether oxygens (including phenoxy) is 3. The van der Waals surface area contributed by atoms with Crippen LogP contribution in [0.4, 0.5) is 0 Å². The van der Waals surface area contributed by atoms with E-state index in [-0.39, 0.29) is 11.9 Å². The number of methoxy groups -OCH3 is 2. The van der Waals surface area contributed by atoms with Gasteiger partial charge in [0, 0.05) is 31.1 Å². The molecule has 0 bridgehead atoms. The quantitative estimate of drug-likeness (QED) is 0.482. The summed E-state index contributed by atoms with van der Waals surface area (Å²) in [5.41, 5.74) is 3.83. The second-order valence-corrected chi connectivity index (χ2v) is 7.42. The molecule has 160 valence electrons. The van der Waals surface area contributed by atoms with Gasteiger partial charge in [0.05, 0.1) is 26.9 Å². The molecule has 2 aromatic carbocycles. The van der Waals surface area contributed by atoms with E-state index in [0.717, 1.165) is 22.3 Å². The minimum atomic E-state index is -0.145. The summed E-state index contributed by atoms with van der Waals surface area (Å²) in [6.07, 6.45) is 4.20. The van der Waals surface area contributed by atoms with Gasteiger partial charge in [-0.05, 0) is 47.4 Å². The molecule has 2 heterocycles. The van der Waals surface area contributed by atoms with Crippen molar-refractivity contribution in [1.29, 1.82) is 0 Å². The Morgan fingerprint density at radius 3 is 2.61 bits per heavy atom. The molecule has 1 amide bonds. The second kappa shape index (κ2) is 9.62. The molecule has 6 heteroatoms. The van der Waals surface area contributed by atoms with Crippen LogP contribution in [-0.4, -0.2) is 36.6 Å². The van der Waals surface area contributed by atoms with E-state index in [9.17, 15) is 4.79 Å². The van der Waals surface area contributed by atoms with Gasteiger partial charge in [-0.2, -0.15) is 0 Å². The van der Waals surface area contributed by atoms with Gasteiger partial charge in [-0.25, -0.2) is 0 Å². The first-order valence-corrected chi connectivity index (χ1v) is 10.3. The zero-order valence-electron chi connectivity index (χ0n) is 17.8. The first-order valence-electron chi connectivity index (χ1n) is 10.3. The Morgan fingerprint density at radius 1 is 1.03 bits per heavy atom. The fourth-order valence-corrected chi connectivity index (χ4v) is 3.96. The zero-order chi connectivity index (χ0) is 21.6. The van der Waals surface area contributed by atoms with Crippen LogP contribution in [-0.2, 0) is 17.9 Å². The van der Waals surface area contributed by atoms with Gasteiger partial charge in [0.1, 0.15) is 0 Å². The van der Waals surface area contributed by atoms with Crippen LogP contribution in [0, 0.1) is 0 Å². The van der Waals surface area contributed by atoms with E-state index >= 15 is 0 Å². The first kappa shape index (κ1) is 20.9. The summed E-state index contributed by atoms with van der Waals surface area (Å²) in [6.45, 7) is 1.57. The standard InChI is InChI=1S/C25H26N2O4/c1-29-23-10-9-19(14-24(23)30-2)22(11-13-31-17-18-6-5-12-26-15-18)27-16-20-7-3-4-8-21(20)25(27)28/h3-10,12,14-15,22H,11,13,16-17H2,1-2H3. The molecular weight excluding hydrogens is 392 g/mol. The minimum Gasteiger partial charge on any atom is -0.493 e. The number of pyridine rings is 1. The Labute approximate surface area is 182 Å². The lowest BCUT2D eigenvalue weighted by atomic mass is 10.0. The number of fused-ring (bicyclic) bond motifs is 1. The lowest BCUT2D eigenvalue weighted by molar-refractivity contribution is 0.0597. The summed E-state index contributed by atoms with van der Waals surface area (Å²) >= 11 is 0. The van der Waals surface area contributed by atoms with Gasteiger partial charge in [0.2, 0.25) is 0 Å². The highest BCUT2D eigenvalue weighted by Gasteiger charge is 2.33. The number of amides is 1. The third-order valence-corrected chi connectivity index (χ3v) is 5.55. The molecule has 6 nitrogen and oxygen atoms in total. The van der Waals surface area contributed by atoms with Crippen LogP contribution >= 0.6 is 0 Å². The number of benzene rings is 2. The molecule has 1 atom stereocenters. The topological polar surface area (TPSA) is 60.9 Å². The molecule has 0 N–H and O–H groups in total. The SMILES string of the molecule is COc1ccc(C(CCOCc2cccnc2)N2Cc3ccccc3C2=O)cc1OC. The molecule has 1 unspecified atom stereocenters. The van der Waals surface area contributed by atoms with Crippen LogP contribution in [0.5, 0.6) is 11.5 Å². The van der Waals surface area contributed by atoms with E-state index in [1.165, 1.54) is 0 Å². The average Bonchev–Trinajstić information content (AvgIpc) is 3.15. The molecule has 1 aliphatic rings. The molecule has 0 saturated heterocycles. The molecule has 31 heavy (non-hydrogen) atoms. The number of nitrogens with zero attached hydrogens (tertiary/aromatic N) is 2. The fraction of sp³-hybridized carbons (Fsp3) is 0.280. The van der Waals surface area contributed by atoms with Crippen molar-refractivity contribution < 1.29 is 19.0 Å². The van der Waals surface area contributed by atoms with Crippen molar-refractivity contribution in [3.8, 4) is 11.5 Å². The molecule has 1 aromatic heterocycles. The predicted molar refractivity (Wildman–Crippen MR) is 117 cm³/mol. The molecule has 4 rings (SSSR count). The van der Waals surface area contributed by atoms with E-state index in [4.69, 9.17) is 14.2 Å². The smallest absolute Gasteiger partial charge is 0.255 e. The Hall–Kier alpha value is -3.38. The van der Waals surface area contributed by atoms with Crippen LogP contribution in [0.2, 0.25) is 0 Å². The minimum absolute atomic E-state index is 0.0441. The number of hydrogen-bond donors (Lipinski definition) is 0. The largest absolute Gasteiger partial charge is 0.493 e. The normalized spacial score (nSPS) is 13.7. The van der Waals surface area contributed by atoms with Crippen molar-refractivity contribution in [2.45, 2.75) is 25.6 Å². The molecule has 0 radical (unpaired) electrons. The third kappa shape index (κ3) is 4.54. The summed E-state index contributed by atoms with van der Waals surface area (Å²) in [6, 6.07) is 17.3. The van der Waals surface area contributed by atoms with Gasteiger partial charge in [0.25, 0.3) is 5.91 Å². The van der Waals surface area contributed by atoms with E-state index in [0.29, 0.717) is 37.7 Å². The fourth-order valence-electron chi connectivity index (χ4n) is 3.96. The van der Waals surface area contributed by atoms with Gasteiger partial charge < -0.3 is 19.1 Å². The summed E-state index contributed by atoms with van der Waals surface area (Å²) in [4.78, 5) is 19.2. The van der Waals surface area contributed by atoms with Crippen LogP contribution in [0.1, 0.15) is 39.5 Å². The number of aromatic nitrogens is 1. The lowest BCUT2D eigenvalue weighted by Gasteiger charge is -2.29. The van der Waals surface area contributed by atoms with E-state index < -0.39 is 0 Å². The summed E-state index contributed by atoms with van der Waals surface area (Å²) < 4.78 is 16.8. The number of carbonyl (C=O) groups excluding carboxylic acids is 1. The molecule has 1 aliphatic heterocycles.